The fourth-order valence-corrected chi connectivity index (χ4v) is 5.21. The van der Waals surface area contributed by atoms with Crippen molar-refractivity contribution in [2.24, 2.45) is 22.7 Å². The number of ether oxygens (including phenoxy) is 1. The third kappa shape index (κ3) is 4.98. The smallest absolute Gasteiger partial charge is 0.380 e. The highest BCUT2D eigenvalue weighted by Gasteiger charge is 2.52. The highest BCUT2D eigenvalue weighted by molar-refractivity contribution is 5.81. The molecule has 3 fully saturated rings. The average molecular weight is 464 g/mol. The van der Waals surface area contributed by atoms with Gasteiger partial charge in [0.05, 0.1) is 23.8 Å². The Kier molecular flexibility index (Phi) is 6.15. The van der Waals surface area contributed by atoms with Crippen LogP contribution in [-0.4, -0.2) is 50.2 Å². The summed E-state index contributed by atoms with van der Waals surface area (Å²) in [5.74, 6) is 0.936. The zero-order valence-corrected chi connectivity index (χ0v) is 19.5. The van der Waals surface area contributed by atoms with Crippen LogP contribution in [0.5, 0.6) is 0 Å². The normalized spacial score (nSPS) is 25.7. The van der Waals surface area contributed by atoms with Gasteiger partial charge in [0, 0.05) is 49.3 Å². The summed E-state index contributed by atoms with van der Waals surface area (Å²) in [5, 5.41) is 9.12. The zero-order valence-electron chi connectivity index (χ0n) is 19.5. The number of carbonyl (C=O) groups excluding carboxylic acids is 1. The van der Waals surface area contributed by atoms with Crippen LogP contribution in [0.25, 0.3) is 0 Å². The van der Waals surface area contributed by atoms with Gasteiger partial charge < -0.3 is 14.5 Å². The molecule has 0 N–H and O–H groups in total. The summed E-state index contributed by atoms with van der Waals surface area (Å²) >= 11 is 0. The van der Waals surface area contributed by atoms with Crippen LogP contribution in [0.4, 0.5) is 18.9 Å². The molecule has 5 nitrogen and oxygen atoms in total. The first kappa shape index (κ1) is 23.9. The third-order valence-electron chi connectivity index (χ3n) is 7.23. The molecule has 2 heterocycles. The minimum Gasteiger partial charge on any atom is -0.380 e. The molecule has 0 aromatic heterocycles. The van der Waals surface area contributed by atoms with Crippen molar-refractivity contribution in [2.75, 3.05) is 44.3 Å². The SMILES string of the molecule is CC(C)(C)C(=O)N1CC[C@H]2CN(c3ccc(C#N)c(C(F)(F)F)c3)C[C@@]2(COCC2CC2)C1. The fraction of sp³-hybridized carbons (Fsp3) is 0.680. The summed E-state index contributed by atoms with van der Waals surface area (Å²) in [6.45, 7) is 9.29. The molecule has 180 valence electrons. The van der Waals surface area contributed by atoms with Crippen molar-refractivity contribution in [3.63, 3.8) is 0 Å². The van der Waals surface area contributed by atoms with E-state index >= 15 is 0 Å². The minimum absolute atomic E-state index is 0.0960. The predicted octanol–water partition coefficient (Wildman–Crippen LogP) is 4.70. The number of fused-ring (bicyclic) bond motifs is 1. The molecule has 2 saturated heterocycles. The summed E-state index contributed by atoms with van der Waals surface area (Å²) in [7, 11) is 0. The number of hydrogen-bond donors (Lipinski definition) is 0. The van der Waals surface area contributed by atoms with E-state index in [0.29, 0.717) is 51.0 Å². The largest absolute Gasteiger partial charge is 0.417 e. The average Bonchev–Trinajstić information content (AvgIpc) is 3.49. The molecule has 1 amide bonds. The van der Waals surface area contributed by atoms with Gasteiger partial charge in [0.1, 0.15) is 0 Å². The molecule has 0 unspecified atom stereocenters. The molecule has 0 bridgehead atoms. The van der Waals surface area contributed by atoms with E-state index in [9.17, 15) is 18.0 Å². The molecule has 2 aliphatic heterocycles. The molecule has 0 radical (unpaired) electrons. The van der Waals surface area contributed by atoms with E-state index < -0.39 is 17.2 Å². The van der Waals surface area contributed by atoms with Gasteiger partial charge in [-0.3, -0.25) is 4.79 Å². The zero-order chi connectivity index (χ0) is 24.0. The van der Waals surface area contributed by atoms with E-state index in [4.69, 9.17) is 10.00 Å². The third-order valence-corrected chi connectivity index (χ3v) is 7.23. The van der Waals surface area contributed by atoms with Crippen LogP contribution in [0.1, 0.15) is 51.2 Å². The molecular weight excluding hydrogens is 431 g/mol. The Morgan fingerprint density at radius 2 is 1.94 bits per heavy atom. The summed E-state index contributed by atoms with van der Waals surface area (Å²) in [6.07, 6.45) is -1.42. The fourth-order valence-electron chi connectivity index (χ4n) is 5.21. The molecule has 1 aliphatic carbocycles. The van der Waals surface area contributed by atoms with Gasteiger partial charge in [-0.2, -0.15) is 18.4 Å². The lowest BCUT2D eigenvalue weighted by atomic mass is 9.73. The number of benzene rings is 1. The molecule has 1 aromatic carbocycles. The highest BCUT2D eigenvalue weighted by atomic mass is 19.4. The topological polar surface area (TPSA) is 56.6 Å². The number of piperidine rings is 1. The van der Waals surface area contributed by atoms with Crippen LogP contribution >= 0.6 is 0 Å². The lowest BCUT2D eigenvalue weighted by molar-refractivity contribution is -0.145. The van der Waals surface area contributed by atoms with Crippen LogP contribution in [0.2, 0.25) is 0 Å². The second-order valence-electron chi connectivity index (χ2n) is 11.0. The number of anilines is 1. The van der Waals surface area contributed by atoms with Crippen LogP contribution in [-0.2, 0) is 15.7 Å². The van der Waals surface area contributed by atoms with Gasteiger partial charge in [-0.25, -0.2) is 0 Å². The molecule has 33 heavy (non-hydrogen) atoms. The van der Waals surface area contributed by atoms with Crippen molar-refractivity contribution in [3.8, 4) is 6.07 Å². The standard InChI is InChI=1S/C25H32F3N3O2/c1-23(2,3)22(32)30-9-8-19-12-31(15-24(19,14-30)16-33-13-17-4-5-17)20-7-6-18(11-29)21(10-20)25(26,27)28/h6-7,10,17,19H,4-5,8-9,12-16H2,1-3H3/t19-,24+/m0/s1. The Morgan fingerprint density at radius 1 is 1.21 bits per heavy atom. The number of carbonyl (C=O) groups is 1. The van der Waals surface area contributed by atoms with Crippen molar-refractivity contribution < 1.29 is 22.7 Å². The lowest BCUT2D eigenvalue weighted by Crippen LogP contribution is -2.55. The number of nitrogens with zero attached hydrogens (tertiary/aromatic N) is 3. The van der Waals surface area contributed by atoms with Crippen LogP contribution in [0.3, 0.4) is 0 Å². The second-order valence-corrected chi connectivity index (χ2v) is 11.0. The van der Waals surface area contributed by atoms with Gasteiger partial charge in [0.15, 0.2) is 0 Å². The van der Waals surface area contributed by atoms with Crippen LogP contribution in [0.15, 0.2) is 18.2 Å². The van der Waals surface area contributed by atoms with Crippen LogP contribution in [0, 0.1) is 34.0 Å². The number of nitriles is 1. The van der Waals surface area contributed by atoms with E-state index in [1.54, 1.807) is 12.1 Å². The number of likely N-dealkylation sites (tertiary alicyclic amines) is 1. The molecule has 4 rings (SSSR count). The number of rotatable bonds is 5. The van der Waals surface area contributed by atoms with Crippen molar-refractivity contribution in [1.82, 2.24) is 4.90 Å². The van der Waals surface area contributed by atoms with Crippen molar-refractivity contribution >= 4 is 11.6 Å². The number of halogens is 3. The Hall–Kier alpha value is -2.27. The minimum atomic E-state index is -4.59. The van der Waals surface area contributed by atoms with Gasteiger partial charge in [-0.1, -0.05) is 20.8 Å². The van der Waals surface area contributed by atoms with Gasteiger partial charge in [-0.15, -0.1) is 0 Å². The molecule has 1 saturated carbocycles. The Morgan fingerprint density at radius 3 is 2.55 bits per heavy atom. The monoisotopic (exact) mass is 463 g/mol. The van der Waals surface area contributed by atoms with E-state index in [1.165, 1.54) is 18.9 Å². The van der Waals surface area contributed by atoms with Crippen LogP contribution < -0.4 is 4.90 Å². The van der Waals surface area contributed by atoms with E-state index in [0.717, 1.165) is 12.5 Å². The Balaban J connectivity index is 1.60. The first-order valence-corrected chi connectivity index (χ1v) is 11.7. The number of amides is 1. The van der Waals surface area contributed by atoms with Gasteiger partial charge in [-0.05, 0) is 49.3 Å². The molecule has 2 atom stereocenters. The summed E-state index contributed by atoms with van der Waals surface area (Å²) in [4.78, 5) is 16.9. The quantitative estimate of drug-likeness (QED) is 0.635. The predicted molar refractivity (Wildman–Crippen MR) is 118 cm³/mol. The first-order valence-electron chi connectivity index (χ1n) is 11.7. The highest BCUT2D eigenvalue weighted by Crippen LogP contribution is 2.46. The van der Waals surface area contributed by atoms with Gasteiger partial charge in [0.25, 0.3) is 0 Å². The molecule has 0 spiro atoms. The maximum absolute atomic E-state index is 13.5. The van der Waals surface area contributed by atoms with Crippen molar-refractivity contribution in [3.05, 3.63) is 29.3 Å². The molecule has 8 heteroatoms. The molecular formula is C25H32F3N3O2. The van der Waals surface area contributed by atoms with E-state index in [1.807, 2.05) is 30.6 Å². The Bertz CT molecular complexity index is 946. The van der Waals surface area contributed by atoms with Crippen molar-refractivity contribution in [1.29, 1.82) is 5.26 Å². The van der Waals surface area contributed by atoms with E-state index in [2.05, 4.69) is 0 Å². The van der Waals surface area contributed by atoms with Crippen molar-refractivity contribution in [2.45, 2.75) is 46.2 Å². The van der Waals surface area contributed by atoms with Gasteiger partial charge >= 0.3 is 6.18 Å². The Labute approximate surface area is 193 Å². The molecule has 1 aromatic rings. The lowest BCUT2D eigenvalue weighted by Gasteiger charge is -2.45. The maximum atomic E-state index is 13.5. The summed E-state index contributed by atoms with van der Waals surface area (Å²) in [6, 6.07) is 5.60. The summed E-state index contributed by atoms with van der Waals surface area (Å²) < 4.78 is 46.7. The van der Waals surface area contributed by atoms with Gasteiger partial charge in [0.2, 0.25) is 5.91 Å². The second kappa shape index (κ2) is 8.50. The molecule has 3 aliphatic rings. The number of alkyl halides is 3. The van der Waals surface area contributed by atoms with E-state index in [-0.39, 0.29) is 22.8 Å². The number of hydrogen-bond acceptors (Lipinski definition) is 4. The summed E-state index contributed by atoms with van der Waals surface area (Å²) in [5.41, 5.74) is -1.62. The maximum Gasteiger partial charge on any atom is 0.417 e. The first-order chi connectivity index (χ1) is 15.4.